The molecule has 0 aliphatic rings. The van der Waals surface area contributed by atoms with Crippen molar-refractivity contribution in [3.63, 3.8) is 0 Å². The highest BCUT2D eigenvalue weighted by Gasteiger charge is 2.08. The molecular formula is C23H22ClN3O3. The van der Waals surface area contributed by atoms with Crippen LogP contribution in [0.4, 0.5) is 0 Å². The Hall–Kier alpha value is -3.38. The number of halogens is 1. The van der Waals surface area contributed by atoms with Gasteiger partial charge in [-0.2, -0.15) is 5.10 Å². The molecular weight excluding hydrogens is 402 g/mol. The Kier molecular flexibility index (Phi) is 7.03. The third-order valence-corrected chi connectivity index (χ3v) is 5.03. The van der Waals surface area contributed by atoms with Crippen molar-refractivity contribution in [1.82, 2.24) is 10.4 Å². The largest absolute Gasteiger partial charge is 0.496 e. The average Bonchev–Trinajstić information content (AvgIpc) is 2.76. The summed E-state index contributed by atoms with van der Waals surface area (Å²) in [6.45, 7) is 4.20. The number of nitrogens with zero attached hydrogens (tertiary/aromatic N) is 2. The summed E-state index contributed by atoms with van der Waals surface area (Å²) in [4.78, 5) is 15.9. The lowest BCUT2D eigenvalue weighted by molar-refractivity contribution is 0.0955. The first kappa shape index (κ1) is 21.3. The molecule has 0 spiro atoms. The number of aromatic nitrogens is 1. The summed E-state index contributed by atoms with van der Waals surface area (Å²) in [5.41, 5.74) is 6.56. The van der Waals surface area contributed by atoms with E-state index in [1.54, 1.807) is 37.9 Å². The number of hydrogen-bond donors (Lipinski definition) is 1. The van der Waals surface area contributed by atoms with Crippen LogP contribution in [0.3, 0.4) is 0 Å². The van der Waals surface area contributed by atoms with Gasteiger partial charge >= 0.3 is 0 Å². The molecule has 0 atom stereocenters. The van der Waals surface area contributed by atoms with E-state index in [-0.39, 0.29) is 5.91 Å². The van der Waals surface area contributed by atoms with Crippen LogP contribution < -0.4 is 14.9 Å². The summed E-state index contributed by atoms with van der Waals surface area (Å²) in [6, 6.07) is 12.6. The Bertz CT molecular complexity index is 1050. The first-order valence-corrected chi connectivity index (χ1v) is 9.65. The van der Waals surface area contributed by atoms with Gasteiger partial charge in [-0.1, -0.05) is 11.6 Å². The number of benzene rings is 2. The molecule has 0 saturated carbocycles. The quantitative estimate of drug-likeness (QED) is 0.441. The first-order chi connectivity index (χ1) is 14.5. The number of aryl methyl sites for hydroxylation is 2. The topological polar surface area (TPSA) is 72.8 Å². The third-order valence-electron chi connectivity index (χ3n) is 4.43. The van der Waals surface area contributed by atoms with E-state index in [0.717, 1.165) is 33.0 Å². The van der Waals surface area contributed by atoms with Crippen LogP contribution in [0.15, 0.2) is 60.0 Å². The second-order valence-electron chi connectivity index (χ2n) is 6.67. The standard InChI is InChI=1S/C23H22ClN3O3/c1-15-10-20(11-16(2)22(15)24)30-14-19-12-17(4-5-21(19)29-3)13-26-27-23(28)18-6-8-25-9-7-18/h4-13H,14H2,1-3H3,(H,27,28)/b26-13-. The lowest BCUT2D eigenvalue weighted by Gasteiger charge is -2.13. The van der Waals surface area contributed by atoms with Crippen LogP contribution in [0.2, 0.25) is 5.02 Å². The normalized spacial score (nSPS) is 10.8. The van der Waals surface area contributed by atoms with Gasteiger partial charge in [0.2, 0.25) is 0 Å². The first-order valence-electron chi connectivity index (χ1n) is 9.28. The summed E-state index contributed by atoms with van der Waals surface area (Å²) >= 11 is 6.22. The maximum Gasteiger partial charge on any atom is 0.271 e. The molecule has 1 aromatic heterocycles. The van der Waals surface area contributed by atoms with Crippen molar-refractivity contribution in [2.45, 2.75) is 20.5 Å². The van der Waals surface area contributed by atoms with E-state index in [9.17, 15) is 4.79 Å². The van der Waals surface area contributed by atoms with Crippen LogP contribution in [0.1, 0.15) is 32.6 Å². The molecule has 154 valence electrons. The van der Waals surface area contributed by atoms with Crippen molar-refractivity contribution in [1.29, 1.82) is 0 Å². The third kappa shape index (κ3) is 5.36. The lowest BCUT2D eigenvalue weighted by Crippen LogP contribution is -2.17. The second kappa shape index (κ2) is 9.89. The van der Waals surface area contributed by atoms with E-state index in [1.165, 1.54) is 0 Å². The van der Waals surface area contributed by atoms with Crippen molar-refractivity contribution in [3.8, 4) is 11.5 Å². The molecule has 0 aliphatic heterocycles. The summed E-state index contributed by atoms with van der Waals surface area (Å²) in [7, 11) is 1.61. The minimum Gasteiger partial charge on any atom is -0.496 e. The molecule has 3 aromatic rings. The number of ether oxygens (including phenoxy) is 2. The highest BCUT2D eigenvalue weighted by molar-refractivity contribution is 6.32. The van der Waals surface area contributed by atoms with E-state index in [0.29, 0.717) is 17.9 Å². The second-order valence-corrected chi connectivity index (χ2v) is 7.04. The van der Waals surface area contributed by atoms with Crippen LogP contribution in [0, 0.1) is 13.8 Å². The molecule has 0 radical (unpaired) electrons. The van der Waals surface area contributed by atoms with Gasteiger partial charge in [-0.15, -0.1) is 0 Å². The minimum atomic E-state index is -0.306. The number of hydrogen-bond acceptors (Lipinski definition) is 5. The smallest absolute Gasteiger partial charge is 0.271 e. The monoisotopic (exact) mass is 423 g/mol. The predicted molar refractivity (Wildman–Crippen MR) is 118 cm³/mol. The number of methoxy groups -OCH3 is 1. The van der Waals surface area contributed by atoms with Crippen molar-refractivity contribution in [3.05, 3.63) is 87.7 Å². The SMILES string of the molecule is COc1ccc(/C=N\NC(=O)c2ccncc2)cc1COc1cc(C)c(Cl)c(C)c1. The fourth-order valence-electron chi connectivity index (χ4n) is 2.88. The van der Waals surface area contributed by atoms with Crippen molar-refractivity contribution < 1.29 is 14.3 Å². The van der Waals surface area contributed by atoms with Crippen molar-refractivity contribution in [2.24, 2.45) is 5.10 Å². The average molecular weight is 424 g/mol. The van der Waals surface area contributed by atoms with Crippen LogP contribution in [-0.2, 0) is 6.61 Å². The van der Waals surface area contributed by atoms with Gasteiger partial charge in [0, 0.05) is 28.5 Å². The summed E-state index contributed by atoms with van der Waals surface area (Å²) < 4.78 is 11.4. The molecule has 30 heavy (non-hydrogen) atoms. The van der Waals surface area contributed by atoms with E-state index in [1.807, 2.05) is 44.2 Å². The number of carbonyl (C=O) groups excluding carboxylic acids is 1. The van der Waals surface area contributed by atoms with Gasteiger partial charge in [0.15, 0.2) is 0 Å². The number of amides is 1. The molecule has 1 amide bonds. The molecule has 2 aromatic carbocycles. The molecule has 0 bridgehead atoms. The van der Waals surface area contributed by atoms with Crippen LogP contribution in [0.25, 0.3) is 0 Å². The highest BCUT2D eigenvalue weighted by Crippen LogP contribution is 2.27. The predicted octanol–water partition coefficient (Wildman–Crippen LogP) is 4.70. The van der Waals surface area contributed by atoms with Crippen LogP contribution in [0.5, 0.6) is 11.5 Å². The van der Waals surface area contributed by atoms with Gasteiger partial charge in [0.25, 0.3) is 5.91 Å². The summed E-state index contributed by atoms with van der Waals surface area (Å²) in [5.74, 6) is 1.13. The Morgan fingerprint density at radius 1 is 1.13 bits per heavy atom. The Morgan fingerprint density at radius 2 is 1.83 bits per heavy atom. The molecule has 0 saturated heterocycles. The van der Waals surface area contributed by atoms with Gasteiger partial charge in [0.05, 0.1) is 13.3 Å². The highest BCUT2D eigenvalue weighted by atomic mass is 35.5. The Balaban J connectivity index is 1.69. The molecule has 0 fully saturated rings. The van der Waals surface area contributed by atoms with E-state index in [4.69, 9.17) is 21.1 Å². The van der Waals surface area contributed by atoms with Crippen LogP contribution >= 0.6 is 11.6 Å². The van der Waals surface area contributed by atoms with Crippen molar-refractivity contribution >= 4 is 23.7 Å². The molecule has 1 N–H and O–H groups in total. The number of nitrogens with one attached hydrogen (secondary N) is 1. The fourth-order valence-corrected chi connectivity index (χ4v) is 2.98. The van der Waals surface area contributed by atoms with Gasteiger partial charge in [0.1, 0.15) is 18.1 Å². The minimum absolute atomic E-state index is 0.306. The maximum absolute atomic E-state index is 12.0. The van der Waals surface area contributed by atoms with E-state index < -0.39 is 0 Å². The zero-order chi connectivity index (χ0) is 21.5. The van der Waals surface area contributed by atoms with Gasteiger partial charge < -0.3 is 9.47 Å². The van der Waals surface area contributed by atoms with Gasteiger partial charge in [-0.05, 0) is 73.0 Å². The Morgan fingerprint density at radius 3 is 2.50 bits per heavy atom. The maximum atomic E-state index is 12.0. The zero-order valence-corrected chi connectivity index (χ0v) is 17.7. The molecule has 7 heteroatoms. The molecule has 3 rings (SSSR count). The molecule has 0 aliphatic carbocycles. The van der Waals surface area contributed by atoms with Gasteiger partial charge in [-0.25, -0.2) is 5.43 Å². The van der Waals surface area contributed by atoms with Gasteiger partial charge in [-0.3, -0.25) is 9.78 Å². The fraction of sp³-hybridized carbons (Fsp3) is 0.174. The van der Waals surface area contributed by atoms with Crippen molar-refractivity contribution in [2.75, 3.05) is 7.11 Å². The molecule has 0 unspecified atom stereocenters. The molecule has 6 nitrogen and oxygen atoms in total. The Labute approximate surface area is 180 Å². The van der Waals surface area contributed by atoms with E-state index in [2.05, 4.69) is 15.5 Å². The number of pyridine rings is 1. The lowest BCUT2D eigenvalue weighted by atomic mass is 10.1. The van der Waals surface area contributed by atoms with E-state index >= 15 is 0 Å². The van der Waals surface area contributed by atoms with Crippen LogP contribution in [-0.4, -0.2) is 24.2 Å². The number of rotatable bonds is 7. The summed E-state index contributed by atoms with van der Waals surface area (Å²) in [5, 5.41) is 4.77. The summed E-state index contributed by atoms with van der Waals surface area (Å²) in [6.07, 6.45) is 4.68. The molecule has 1 heterocycles. The zero-order valence-electron chi connectivity index (χ0n) is 17.0. The number of hydrazone groups is 1. The number of carbonyl (C=O) groups is 1.